The topological polar surface area (TPSA) is 24.9 Å². The zero-order chi connectivity index (χ0) is 11.1. The minimum Gasteiger partial charge on any atom is -0.309 e. The summed E-state index contributed by atoms with van der Waals surface area (Å²) in [5.74, 6) is 2.29. The molecule has 0 fully saturated rings. The van der Waals surface area contributed by atoms with Gasteiger partial charge in [0, 0.05) is 24.2 Å². The Morgan fingerprint density at radius 2 is 2.20 bits per heavy atom. The van der Waals surface area contributed by atoms with Gasteiger partial charge in [0.15, 0.2) is 0 Å². The normalized spacial score (nSPS) is 12.7. The first-order valence-electron chi connectivity index (χ1n) is 5.50. The number of nitrogens with one attached hydrogen (secondary N) is 1. The lowest BCUT2D eigenvalue weighted by Crippen LogP contribution is -2.23. The third-order valence-corrected chi connectivity index (χ3v) is 3.21. The van der Waals surface area contributed by atoms with Gasteiger partial charge in [0.1, 0.15) is 0 Å². The quantitative estimate of drug-likeness (QED) is 0.804. The highest BCUT2D eigenvalue weighted by molar-refractivity contribution is 7.99. The van der Waals surface area contributed by atoms with Crippen LogP contribution in [0.3, 0.4) is 0 Å². The zero-order valence-electron chi connectivity index (χ0n) is 9.79. The smallest absolute Gasteiger partial charge is 0.0427 e. The van der Waals surface area contributed by atoms with Crippen LogP contribution in [0.4, 0.5) is 0 Å². The van der Waals surface area contributed by atoms with E-state index in [4.69, 9.17) is 0 Å². The Labute approximate surface area is 96.9 Å². The number of thioether (sulfide) groups is 1. The van der Waals surface area contributed by atoms with Crippen LogP contribution >= 0.6 is 11.8 Å². The Morgan fingerprint density at radius 3 is 2.80 bits per heavy atom. The van der Waals surface area contributed by atoms with Crippen molar-refractivity contribution in [2.24, 2.45) is 0 Å². The van der Waals surface area contributed by atoms with Crippen LogP contribution in [0.1, 0.15) is 31.0 Å². The molecular weight excluding hydrogens is 204 g/mol. The largest absolute Gasteiger partial charge is 0.309 e. The highest BCUT2D eigenvalue weighted by Gasteiger charge is 2.09. The Bertz CT molecular complexity index is 289. The van der Waals surface area contributed by atoms with Crippen molar-refractivity contribution >= 4 is 11.8 Å². The third-order valence-electron chi connectivity index (χ3n) is 2.24. The fourth-order valence-electron chi connectivity index (χ4n) is 1.52. The molecule has 0 aliphatic rings. The van der Waals surface area contributed by atoms with Gasteiger partial charge in [-0.1, -0.05) is 19.9 Å². The number of pyridine rings is 1. The lowest BCUT2D eigenvalue weighted by atomic mass is 10.1. The SMILES string of the molecule is CCNC(CSCC)c1cncc(C)c1. The molecular formula is C12H20N2S. The van der Waals surface area contributed by atoms with Crippen molar-refractivity contribution in [3.8, 4) is 0 Å². The van der Waals surface area contributed by atoms with E-state index in [1.165, 1.54) is 16.9 Å². The molecule has 1 atom stereocenters. The average Bonchev–Trinajstić information content (AvgIpc) is 2.24. The first kappa shape index (κ1) is 12.5. The van der Waals surface area contributed by atoms with Gasteiger partial charge in [-0.05, 0) is 30.3 Å². The van der Waals surface area contributed by atoms with Crippen molar-refractivity contribution in [2.45, 2.75) is 26.8 Å². The van der Waals surface area contributed by atoms with E-state index in [0.717, 1.165) is 12.3 Å². The maximum atomic E-state index is 4.25. The van der Waals surface area contributed by atoms with Gasteiger partial charge in [-0.3, -0.25) is 4.98 Å². The summed E-state index contributed by atoms with van der Waals surface area (Å²) in [7, 11) is 0. The number of rotatable bonds is 6. The van der Waals surface area contributed by atoms with E-state index in [1.54, 1.807) is 0 Å². The van der Waals surface area contributed by atoms with E-state index in [-0.39, 0.29) is 0 Å². The molecule has 2 nitrogen and oxygen atoms in total. The molecule has 0 aromatic carbocycles. The Hall–Kier alpha value is -0.540. The van der Waals surface area contributed by atoms with Crippen LogP contribution in [0.25, 0.3) is 0 Å². The summed E-state index contributed by atoms with van der Waals surface area (Å²) in [6, 6.07) is 2.66. The Kier molecular flexibility index (Phi) is 5.73. The Morgan fingerprint density at radius 1 is 1.40 bits per heavy atom. The number of hydrogen-bond acceptors (Lipinski definition) is 3. The molecule has 0 saturated carbocycles. The van der Waals surface area contributed by atoms with Gasteiger partial charge in [-0.2, -0.15) is 11.8 Å². The number of aromatic nitrogens is 1. The summed E-state index contributed by atoms with van der Waals surface area (Å²) in [4.78, 5) is 4.25. The van der Waals surface area contributed by atoms with E-state index >= 15 is 0 Å². The molecule has 0 spiro atoms. The highest BCUT2D eigenvalue weighted by atomic mass is 32.2. The van der Waals surface area contributed by atoms with Crippen molar-refractivity contribution in [1.82, 2.24) is 10.3 Å². The predicted octanol–water partition coefficient (Wildman–Crippen LogP) is 2.79. The van der Waals surface area contributed by atoms with Crippen LogP contribution in [0.2, 0.25) is 0 Å². The van der Waals surface area contributed by atoms with Gasteiger partial charge in [0.25, 0.3) is 0 Å². The lowest BCUT2D eigenvalue weighted by molar-refractivity contribution is 0.603. The molecule has 0 amide bonds. The van der Waals surface area contributed by atoms with Gasteiger partial charge in [0.2, 0.25) is 0 Å². The second-order valence-electron chi connectivity index (χ2n) is 3.57. The van der Waals surface area contributed by atoms with E-state index in [2.05, 4.69) is 37.1 Å². The molecule has 3 heteroatoms. The zero-order valence-corrected chi connectivity index (χ0v) is 10.6. The van der Waals surface area contributed by atoms with E-state index < -0.39 is 0 Å². The van der Waals surface area contributed by atoms with E-state index in [0.29, 0.717) is 6.04 Å². The van der Waals surface area contributed by atoms with Crippen molar-refractivity contribution < 1.29 is 0 Å². The predicted molar refractivity (Wildman–Crippen MR) is 68.4 cm³/mol. The fraction of sp³-hybridized carbons (Fsp3) is 0.583. The van der Waals surface area contributed by atoms with Gasteiger partial charge in [0.05, 0.1) is 0 Å². The van der Waals surface area contributed by atoms with Crippen LogP contribution in [0, 0.1) is 6.92 Å². The summed E-state index contributed by atoms with van der Waals surface area (Å²) in [6.45, 7) is 7.43. The summed E-state index contributed by atoms with van der Waals surface area (Å²) in [5, 5.41) is 3.50. The van der Waals surface area contributed by atoms with Crippen LogP contribution < -0.4 is 5.32 Å². The third kappa shape index (κ3) is 4.22. The number of aryl methyl sites for hydroxylation is 1. The highest BCUT2D eigenvalue weighted by Crippen LogP contribution is 2.18. The second kappa shape index (κ2) is 6.85. The molecule has 1 unspecified atom stereocenters. The van der Waals surface area contributed by atoms with Crippen LogP contribution in [-0.2, 0) is 0 Å². The van der Waals surface area contributed by atoms with Crippen molar-refractivity contribution in [3.05, 3.63) is 29.6 Å². The summed E-state index contributed by atoms with van der Waals surface area (Å²) in [5.41, 5.74) is 2.54. The molecule has 15 heavy (non-hydrogen) atoms. The number of nitrogens with zero attached hydrogens (tertiary/aromatic N) is 1. The first-order chi connectivity index (χ1) is 7.27. The molecule has 0 bridgehead atoms. The van der Waals surface area contributed by atoms with Crippen LogP contribution in [-0.4, -0.2) is 23.0 Å². The minimum absolute atomic E-state index is 0.437. The summed E-state index contributed by atoms with van der Waals surface area (Å²) in [6.07, 6.45) is 3.87. The van der Waals surface area contributed by atoms with Crippen molar-refractivity contribution in [1.29, 1.82) is 0 Å². The second-order valence-corrected chi connectivity index (χ2v) is 4.88. The number of hydrogen-bond donors (Lipinski definition) is 1. The van der Waals surface area contributed by atoms with Gasteiger partial charge < -0.3 is 5.32 Å². The molecule has 1 rings (SSSR count). The molecule has 84 valence electrons. The van der Waals surface area contributed by atoms with Crippen LogP contribution in [0.5, 0.6) is 0 Å². The van der Waals surface area contributed by atoms with E-state index in [9.17, 15) is 0 Å². The van der Waals surface area contributed by atoms with E-state index in [1.807, 2.05) is 24.2 Å². The molecule has 0 radical (unpaired) electrons. The molecule has 1 aromatic rings. The molecule has 1 aromatic heterocycles. The minimum atomic E-state index is 0.437. The average molecular weight is 224 g/mol. The summed E-state index contributed by atoms with van der Waals surface area (Å²) < 4.78 is 0. The lowest BCUT2D eigenvalue weighted by Gasteiger charge is -2.17. The van der Waals surface area contributed by atoms with Crippen molar-refractivity contribution in [3.63, 3.8) is 0 Å². The molecule has 0 aliphatic carbocycles. The fourth-order valence-corrected chi connectivity index (χ4v) is 2.31. The summed E-state index contributed by atoms with van der Waals surface area (Å²) >= 11 is 1.97. The molecule has 1 heterocycles. The monoisotopic (exact) mass is 224 g/mol. The van der Waals surface area contributed by atoms with Crippen LogP contribution in [0.15, 0.2) is 18.5 Å². The van der Waals surface area contributed by atoms with Gasteiger partial charge in [-0.15, -0.1) is 0 Å². The van der Waals surface area contributed by atoms with Gasteiger partial charge in [-0.25, -0.2) is 0 Å². The molecule has 1 N–H and O–H groups in total. The maximum absolute atomic E-state index is 4.25. The standard InChI is InChI=1S/C12H20N2S/c1-4-14-12(9-15-5-2)11-6-10(3)7-13-8-11/h6-8,12,14H,4-5,9H2,1-3H3. The maximum Gasteiger partial charge on any atom is 0.0427 e. The first-order valence-corrected chi connectivity index (χ1v) is 6.66. The van der Waals surface area contributed by atoms with Gasteiger partial charge >= 0.3 is 0 Å². The molecule has 0 saturated heterocycles. The Balaban J connectivity index is 2.69. The van der Waals surface area contributed by atoms with Crippen molar-refractivity contribution in [2.75, 3.05) is 18.1 Å². The molecule has 0 aliphatic heterocycles.